The van der Waals surface area contributed by atoms with E-state index in [1.807, 2.05) is 0 Å². The van der Waals surface area contributed by atoms with Gasteiger partial charge in [0.15, 0.2) is 0 Å². The molecule has 1 fully saturated rings. The monoisotopic (exact) mass is 388 g/mol. The van der Waals surface area contributed by atoms with E-state index in [9.17, 15) is 13.2 Å². The van der Waals surface area contributed by atoms with Crippen LogP contribution in [0, 0.1) is 0 Å². The van der Waals surface area contributed by atoms with Gasteiger partial charge < -0.3 is 0 Å². The quantitative estimate of drug-likeness (QED) is 0.490. The molecule has 0 amide bonds. The van der Waals surface area contributed by atoms with Gasteiger partial charge >= 0.3 is 5.09 Å². The second kappa shape index (κ2) is 5.95. The minimum absolute atomic E-state index is 0.304. The summed E-state index contributed by atoms with van der Waals surface area (Å²) in [4.78, 5) is 0. The Labute approximate surface area is 101 Å². The largest absolute Gasteiger partial charge is 0.448 e. The molecular weight excluding hydrogens is 381 g/mol. The van der Waals surface area contributed by atoms with Crippen LogP contribution in [0.5, 0.6) is 0 Å². The number of rotatable bonds is 0. The van der Waals surface area contributed by atoms with E-state index in [-0.39, 0.29) is 0 Å². The molecule has 0 bridgehead atoms. The van der Waals surface area contributed by atoms with Crippen molar-refractivity contribution >= 4 is 47.8 Å². The fraction of sp³-hybridized carbons (Fsp3) is 1.00. The lowest BCUT2D eigenvalue weighted by molar-refractivity contribution is -0.0245. The summed E-state index contributed by atoms with van der Waals surface area (Å²) in [5.74, 6) is 0. The van der Waals surface area contributed by atoms with Crippen molar-refractivity contribution in [2.24, 2.45) is 0 Å². The lowest BCUT2D eigenvalue weighted by atomic mass is 10.0. The molecule has 0 aromatic carbocycles. The van der Waals surface area contributed by atoms with Crippen LogP contribution in [-0.4, -0.2) is 8.32 Å². The molecule has 0 atom stereocenters. The van der Waals surface area contributed by atoms with Gasteiger partial charge in [0, 0.05) is 15.9 Å². The third-order valence-corrected chi connectivity index (χ3v) is 3.17. The molecule has 1 rings (SSSR count). The maximum absolute atomic E-state index is 10.3. The predicted octanol–water partition coefficient (Wildman–Crippen LogP) is 5.34. The molecule has 1 aliphatic carbocycles. The highest BCUT2D eigenvalue weighted by atomic mass is 79.9. The molecule has 0 aromatic heterocycles. The third-order valence-electron chi connectivity index (χ3n) is 1.59. The topological polar surface area (TPSA) is 0 Å². The molecule has 0 saturated heterocycles. The molecule has 0 heterocycles. The molecule has 0 N–H and O–H groups in total. The second-order valence-electron chi connectivity index (χ2n) is 2.85. The highest BCUT2D eigenvalue weighted by Crippen LogP contribution is 2.40. The standard InChI is InChI=1S/C6H10Br2.CBrF3/c7-6(8)4-2-1-3-5-6;2-1(3,4)5/h1-5H2;. The summed E-state index contributed by atoms with van der Waals surface area (Å²) < 4.78 is 31.1. The van der Waals surface area contributed by atoms with Crippen molar-refractivity contribution in [3.63, 3.8) is 0 Å². The Hall–Kier alpha value is 1.23. The lowest BCUT2D eigenvalue weighted by Gasteiger charge is -2.24. The summed E-state index contributed by atoms with van der Waals surface area (Å²) in [5, 5.41) is -4.19. The van der Waals surface area contributed by atoms with E-state index in [0.717, 1.165) is 0 Å². The minimum Gasteiger partial charge on any atom is -0.160 e. The van der Waals surface area contributed by atoms with E-state index in [2.05, 4.69) is 31.9 Å². The zero-order valence-electron chi connectivity index (χ0n) is 6.80. The van der Waals surface area contributed by atoms with E-state index < -0.39 is 5.09 Å². The Morgan fingerprint density at radius 3 is 1.38 bits per heavy atom. The first-order valence-corrected chi connectivity index (χ1v) is 6.22. The summed E-state index contributed by atoms with van der Waals surface area (Å²) in [6, 6.07) is 0. The zero-order chi connectivity index (χ0) is 10.5. The van der Waals surface area contributed by atoms with Gasteiger partial charge in [-0.1, -0.05) is 51.1 Å². The van der Waals surface area contributed by atoms with E-state index in [1.165, 1.54) is 48.0 Å². The highest BCUT2D eigenvalue weighted by Gasteiger charge is 2.24. The molecule has 13 heavy (non-hydrogen) atoms. The Bertz CT molecular complexity index is 130. The van der Waals surface area contributed by atoms with Crippen LogP contribution < -0.4 is 0 Å². The molecule has 1 aliphatic rings. The third kappa shape index (κ3) is 13.2. The molecule has 0 aliphatic heterocycles. The van der Waals surface area contributed by atoms with Gasteiger partial charge in [0.2, 0.25) is 0 Å². The van der Waals surface area contributed by atoms with Crippen molar-refractivity contribution in [1.29, 1.82) is 0 Å². The average Bonchev–Trinajstić information content (AvgIpc) is 1.82. The van der Waals surface area contributed by atoms with Crippen molar-refractivity contribution in [3.8, 4) is 0 Å². The van der Waals surface area contributed by atoms with Crippen LogP contribution in [0.15, 0.2) is 0 Å². The number of alkyl halides is 6. The van der Waals surface area contributed by atoms with Gasteiger partial charge in [0.25, 0.3) is 0 Å². The first kappa shape index (κ1) is 14.2. The average molecular weight is 391 g/mol. The fourth-order valence-corrected chi connectivity index (χ4v) is 2.19. The molecule has 1 saturated carbocycles. The van der Waals surface area contributed by atoms with Crippen molar-refractivity contribution in [2.45, 2.75) is 40.4 Å². The number of hydrogen-bond donors (Lipinski definition) is 0. The van der Waals surface area contributed by atoms with Crippen LogP contribution in [0.2, 0.25) is 0 Å². The highest BCUT2D eigenvalue weighted by molar-refractivity contribution is 9.25. The Morgan fingerprint density at radius 1 is 0.923 bits per heavy atom. The number of halogens is 6. The van der Waals surface area contributed by atoms with Crippen molar-refractivity contribution < 1.29 is 13.2 Å². The predicted molar refractivity (Wildman–Crippen MR) is 58.7 cm³/mol. The van der Waals surface area contributed by atoms with Crippen LogP contribution in [0.25, 0.3) is 0 Å². The maximum atomic E-state index is 10.3. The van der Waals surface area contributed by atoms with Crippen LogP contribution in [-0.2, 0) is 0 Å². The fourth-order valence-electron chi connectivity index (χ4n) is 1.07. The van der Waals surface area contributed by atoms with Crippen LogP contribution in [0.4, 0.5) is 13.2 Å². The van der Waals surface area contributed by atoms with Gasteiger partial charge in [0.1, 0.15) is 0 Å². The van der Waals surface area contributed by atoms with Crippen molar-refractivity contribution in [1.82, 2.24) is 0 Å². The molecule has 0 radical (unpaired) electrons. The normalized spacial score (nSPS) is 21.7. The van der Waals surface area contributed by atoms with E-state index in [0.29, 0.717) is 3.23 Å². The van der Waals surface area contributed by atoms with Gasteiger partial charge in [-0.25, -0.2) is 0 Å². The van der Waals surface area contributed by atoms with Crippen molar-refractivity contribution in [3.05, 3.63) is 0 Å². The van der Waals surface area contributed by atoms with E-state index in [4.69, 9.17) is 0 Å². The van der Waals surface area contributed by atoms with Gasteiger partial charge in [0.05, 0.1) is 3.23 Å². The summed E-state index contributed by atoms with van der Waals surface area (Å²) >= 11 is 8.59. The van der Waals surface area contributed by atoms with Gasteiger partial charge in [-0.2, -0.15) is 13.2 Å². The minimum atomic E-state index is -4.19. The lowest BCUT2D eigenvalue weighted by Crippen LogP contribution is -2.14. The van der Waals surface area contributed by atoms with Crippen molar-refractivity contribution in [2.75, 3.05) is 0 Å². The molecular formula is C7H10Br3F3. The summed E-state index contributed by atoms with van der Waals surface area (Å²) in [6.45, 7) is 0. The summed E-state index contributed by atoms with van der Waals surface area (Å²) in [7, 11) is 0. The molecule has 0 spiro atoms. The summed E-state index contributed by atoms with van der Waals surface area (Å²) in [6.07, 6.45) is 6.73. The van der Waals surface area contributed by atoms with Gasteiger partial charge in [-0.15, -0.1) is 0 Å². The number of hydrogen-bond acceptors (Lipinski definition) is 0. The Kier molecular flexibility index (Phi) is 6.52. The Morgan fingerprint density at radius 2 is 1.23 bits per heavy atom. The van der Waals surface area contributed by atoms with Gasteiger partial charge in [-0.05, 0) is 12.8 Å². The molecule has 80 valence electrons. The first-order valence-electron chi connectivity index (χ1n) is 3.84. The summed E-state index contributed by atoms with van der Waals surface area (Å²) in [5.41, 5.74) is 0. The maximum Gasteiger partial charge on any atom is 0.448 e. The first-order chi connectivity index (χ1) is 5.71. The molecule has 6 heteroatoms. The molecule has 0 aromatic rings. The second-order valence-corrected chi connectivity index (χ2v) is 7.84. The smallest absolute Gasteiger partial charge is 0.160 e. The Balaban J connectivity index is 0.000000252. The zero-order valence-corrected chi connectivity index (χ0v) is 11.6. The van der Waals surface area contributed by atoms with E-state index in [1.54, 1.807) is 0 Å². The van der Waals surface area contributed by atoms with E-state index >= 15 is 0 Å². The van der Waals surface area contributed by atoms with Crippen LogP contribution in [0.1, 0.15) is 32.1 Å². The molecule has 0 unspecified atom stereocenters. The van der Waals surface area contributed by atoms with Crippen LogP contribution in [0.3, 0.4) is 0 Å². The SMILES string of the molecule is BrC1(Br)CCCCC1.FC(F)(F)Br. The van der Waals surface area contributed by atoms with Gasteiger partial charge in [-0.3, -0.25) is 0 Å². The van der Waals surface area contributed by atoms with Crippen LogP contribution >= 0.6 is 47.8 Å². The molecule has 0 nitrogen and oxygen atoms in total.